The van der Waals surface area contributed by atoms with E-state index in [4.69, 9.17) is 11.0 Å². The highest BCUT2D eigenvalue weighted by Gasteiger charge is 2.16. The molecule has 0 spiro atoms. The van der Waals surface area contributed by atoms with Gasteiger partial charge in [-0.3, -0.25) is 4.79 Å². The Balaban J connectivity index is 2.66. The van der Waals surface area contributed by atoms with Crippen LogP contribution in [0.5, 0.6) is 0 Å². The average molecular weight is 257 g/mol. The molecule has 88 valence electrons. The van der Waals surface area contributed by atoms with Crippen molar-refractivity contribution < 1.29 is 0 Å². The lowest BCUT2D eigenvalue weighted by molar-refractivity contribution is 1.18. The summed E-state index contributed by atoms with van der Waals surface area (Å²) in [5, 5.41) is 9.80. The minimum atomic E-state index is -0.209. The van der Waals surface area contributed by atoms with E-state index in [0.717, 1.165) is 5.39 Å². The summed E-state index contributed by atoms with van der Waals surface area (Å²) in [7, 11) is 0. The number of nitrogens with two attached hydrogens (primary N) is 1. The summed E-state index contributed by atoms with van der Waals surface area (Å²) in [6.07, 6.45) is 1.35. The molecule has 0 saturated carbocycles. The van der Waals surface area contributed by atoms with Crippen molar-refractivity contribution in [1.82, 2.24) is 15.0 Å². The van der Waals surface area contributed by atoms with E-state index in [1.54, 1.807) is 6.92 Å². The Bertz CT molecular complexity index is 886. The Morgan fingerprint density at radius 1 is 1.56 bits per heavy atom. The second-order valence-corrected chi connectivity index (χ2v) is 4.80. The van der Waals surface area contributed by atoms with Gasteiger partial charge in [0.15, 0.2) is 0 Å². The standard InChI is InChI=1S/C11H7N5OS/c1-4-5(2-12)9(13)16-11-6(4)7-8(18-11)10(17)15-3-14-7/h3H,1H3,(H2,13,16)(H,14,15,17). The molecule has 0 atom stereocenters. The first-order chi connectivity index (χ1) is 8.63. The number of aromatic nitrogens is 3. The Labute approximate surface area is 105 Å². The third-order valence-electron chi connectivity index (χ3n) is 2.80. The van der Waals surface area contributed by atoms with Gasteiger partial charge in [-0.15, -0.1) is 11.3 Å². The number of thiophene rings is 1. The Morgan fingerprint density at radius 3 is 3.06 bits per heavy atom. The number of H-pyrrole nitrogens is 1. The van der Waals surface area contributed by atoms with Gasteiger partial charge in [-0.2, -0.15) is 5.26 Å². The van der Waals surface area contributed by atoms with Gasteiger partial charge in [0, 0.05) is 5.39 Å². The molecule has 7 heteroatoms. The molecular formula is C11H7N5OS. The molecule has 0 aliphatic rings. The first kappa shape index (κ1) is 10.7. The lowest BCUT2D eigenvalue weighted by atomic mass is 10.1. The topological polar surface area (TPSA) is 108 Å². The van der Waals surface area contributed by atoms with Crippen LogP contribution in [0.15, 0.2) is 11.1 Å². The van der Waals surface area contributed by atoms with Crippen molar-refractivity contribution in [3.63, 3.8) is 0 Å². The van der Waals surface area contributed by atoms with Crippen molar-refractivity contribution in [3.05, 3.63) is 27.8 Å². The normalized spacial score (nSPS) is 10.9. The van der Waals surface area contributed by atoms with Gasteiger partial charge < -0.3 is 10.7 Å². The highest BCUT2D eigenvalue weighted by Crippen LogP contribution is 2.34. The van der Waals surface area contributed by atoms with Crippen molar-refractivity contribution in [3.8, 4) is 6.07 Å². The van der Waals surface area contributed by atoms with Gasteiger partial charge >= 0.3 is 0 Å². The van der Waals surface area contributed by atoms with Crippen LogP contribution in [0.1, 0.15) is 11.1 Å². The van der Waals surface area contributed by atoms with Gasteiger partial charge in [-0.1, -0.05) is 0 Å². The summed E-state index contributed by atoms with van der Waals surface area (Å²) in [4.78, 5) is 23.2. The number of nitrogen functional groups attached to an aromatic ring is 1. The molecule has 6 nitrogen and oxygen atoms in total. The van der Waals surface area contributed by atoms with Gasteiger partial charge in [-0.25, -0.2) is 9.97 Å². The molecule has 3 heterocycles. The summed E-state index contributed by atoms with van der Waals surface area (Å²) < 4.78 is 0.498. The molecule has 0 saturated heterocycles. The summed E-state index contributed by atoms with van der Waals surface area (Å²) >= 11 is 1.23. The largest absolute Gasteiger partial charge is 0.383 e. The highest BCUT2D eigenvalue weighted by atomic mass is 32.1. The van der Waals surface area contributed by atoms with Crippen LogP contribution in [0.4, 0.5) is 5.82 Å². The zero-order valence-electron chi connectivity index (χ0n) is 9.31. The Morgan fingerprint density at radius 2 is 2.33 bits per heavy atom. The van der Waals surface area contributed by atoms with Crippen molar-refractivity contribution in [1.29, 1.82) is 5.26 Å². The maximum absolute atomic E-state index is 11.7. The van der Waals surface area contributed by atoms with E-state index in [9.17, 15) is 4.79 Å². The van der Waals surface area contributed by atoms with E-state index in [1.165, 1.54) is 17.7 Å². The molecule has 0 amide bonds. The molecule has 0 aliphatic carbocycles. The first-order valence-corrected chi connectivity index (χ1v) is 5.91. The second-order valence-electron chi connectivity index (χ2n) is 3.80. The summed E-state index contributed by atoms with van der Waals surface area (Å²) in [6, 6.07) is 2.03. The molecule has 0 aliphatic heterocycles. The zero-order chi connectivity index (χ0) is 12.9. The lowest BCUT2D eigenvalue weighted by Gasteiger charge is -2.02. The van der Waals surface area contributed by atoms with E-state index >= 15 is 0 Å². The van der Waals surface area contributed by atoms with Crippen LogP contribution in [-0.2, 0) is 0 Å². The van der Waals surface area contributed by atoms with Crippen LogP contribution in [-0.4, -0.2) is 15.0 Å². The smallest absolute Gasteiger partial charge is 0.268 e. The number of nitriles is 1. The van der Waals surface area contributed by atoms with Crippen molar-refractivity contribution in [2.24, 2.45) is 0 Å². The fraction of sp³-hybridized carbons (Fsp3) is 0.0909. The third-order valence-corrected chi connectivity index (χ3v) is 3.87. The van der Waals surface area contributed by atoms with Gasteiger partial charge in [0.2, 0.25) is 0 Å². The quantitative estimate of drug-likeness (QED) is 0.630. The summed E-state index contributed by atoms with van der Waals surface area (Å²) in [5.41, 5.74) is 7.14. The van der Waals surface area contributed by atoms with Crippen LogP contribution in [0, 0.1) is 18.3 Å². The number of aromatic amines is 1. The number of hydrogen-bond acceptors (Lipinski definition) is 6. The number of nitrogens with one attached hydrogen (secondary N) is 1. The molecule has 3 aromatic heterocycles. The number of fused-ring (bicyclic) bond motifs is 3. The molecule has 3 aromatic rings. The predicted molar refractivity (Wildman–Crippen MR) is 69.4 cm³/mol. The fourth-order valence-corrected chi connectivity index (χ4v) is 3.04. The second kappa shape index (κ2) is 3.51. The predicted octanol–water partition coefficient (Wildman–Crippen LogP) is 1.30. The maximum atomic E-state index is 11.7. The average Bonchev–Trinajstić information content (AvgIpc) is 2.69. The number of hydrogen-bond donors (Lipinski definition) is 2. The first-order valence-electron chi connectivity index (χ1n) is 5.09. The molecule has 0 bridgehead atoms. The molecule has 3 rings (SSSR count). The molecule has 0 radical (unpaired) electrons. The number of nitrogens with zero attached hydrogens (tertiary/aromatic N) is 3. The van der Waals surface area contributed by atoms with E-state index in [-0.39, 0.29) is 11.4 Å². The monoisotopic (exact) mass is 257 g/mol. The fourth-order valence-electron chi connectivity index (χ4n) is 1.95. The number of rotatable bonds is 0. The lowest BCUT2D eigenvalue weighted by Crippen LogP contribution is -2.03. The molecule has 0 aromatic carbocycles. The van der Waals surface area contributed by atoms with Crippen LogP contribution >= 0.6 is 11.3 Å². The van der Waals surface area contributed by atoms with Crippen molar-refractivity contribution in [2.45, 2.75) is 6.92 Å². The van der Waals surface area contributed by atoms with Crippen LogP contribution in [0.3, 0.4) is 0 Å². The molecule has 0 fully saturated rings. The van der Waals surface area contributed by atoms with Crippen LogP contribution < -0.4 is 11.3 Å². The minimum Gasteiger partial charge on any atom is -0.383 e. The van der Waals surface area contributed by atoms with Gasteiger partial charge in [-0.05, 0) is 12.5 Å². The van der Waals surface area contributed by atoms with Crippen LogP contribution in [0.25, 0.3) is 20.4 Å². The van der Waals surface area contributed by atoms with Gasteiger partial charge in [0.25, 0.3) is 5.56 Å². The Kier molecular flexibility index (Phi) is 2.09. The maximum Gasteiger partial charge on any atom is 0.268 e. The SMILES string of the molecule is Cc1c(C#N)c(N)nc2sc3c(=O)[nH]cnc3c12. The third kappa shape index (κ3) is 1.23. The van der Waals surface area contributed by atoms with E-state index in [2.05, 4.69) is 15.0 Å². The van der Waals surface area contributed by atoms with Gasteiger partial charge in [0.1, 0.15) is 21.4 Å². The number of anilines is 1. The number of aryl methyl sites for hydroxylation is 1. The molecule has 18 heavy (non-hydrogen) atoms. The van der Waals surface area contributed by atoms with E-state index in [0.29, 0.717) is 26.2 Å². The molecule has 0 unspecified atom stereocenters. The Hall–Kier alpha value is -2.46. The summed E-state index contributed by atoms with van der Waals surface area (Å²) in [6.45, 7) is 1.79. The van der Waals surface area contributed by atoms with E-state index in [1.807, 2.05) is 6.07 Å². The number of pyridine rings is 1. The van der Waals surface area contributed by atoms with Crippen molar-refractivity contribution >= 4 is 37.6 Å². The molecule has 3 N–H and O–H groups in total. The minimum absolute atomic E-state index is 0.186. The van der Waals surface area contributed by atoms with Crippen molar-refractivity contribution in [2.75, 3.05) is 5.73 Å². The highest BCUT2D eigenvalue weighted by molar-refractivity contribution is 7.25. The molecular weight excluding hydrogens is 250 g/mol. The zero-order valence-corrected chi connectivity index (χ0v) is 10.1. The van der Waals surface area contributed by atoms with Gasteiger partial charge in [0.05, 0.1) is 17.4 Å². The van der Waals surface area contributed by atoms with Crippen LogP contribution in [0.2, 0.25) is 0 Å². The van der Waals surface area contributed by atoms with E-state index < -0.39 is 0 Å². The summed E-state index contributed by atoms with van der Waals surface area (Å²) in [5.74, 6) is 0.186.